The number of amides is 3. The molecule has 0 saturated carbocycles. The highest BCUT2D eigenvalue weighted by Gasteiger charge is 2.35. The number of carbonyl (C=O) groups is 4. The number of anilines is 1. The maximum absolute atomic E-state index is 12.7. The van der Waals surface area contributed by atoms with Crippen LogP contribution in [0.4, 0.5) is 10.5 Å². The number of benzene rings is 2. The number of ether oxygens (including phenoxy) is 2. The lowest BCUT2D eigenvalue weighted by atomic mass is 10.2. The summed E-state index contributed by atoms with van der Waals surface area (Å²) in [6.45, 7) is 1.38. The van der Waals surface area contributed by atoms with E-state index in [1.807, 2.05) is 19.1 Å². The molecule has 2 N–H and O–H groups in total. The molecule has 10 heteroatoms. The molecule has 1 saturated heterocycles. The first-order valence-corrected chi connectivity index (χ1v) is 10.7. The summed E-state index contributed by atoms with van der Waals surface area (Å²) in [6.07, 6.45) is 1.50. The average Bonchev–Trinajstić information content (AvgIpc) is 3.05. The number of carboxylic acid groups (broad SMARTS) is 1. The number of methoxy groups -OCH3 is 1. The van der Waals surface area contributed by atoms with Crippen LogP contribution in [0, 0.1) is 6.92 Å². The minimum Gasteiger partial charge on any atom is -0.493 e. The van der Waals surface area contributed by atoms with E-state index in [2.05, 4.69) is 5.32 Å². The second-order valence-corrected chi connectivity index (χ2v) is 8.08. The van der Waals surface area contributed by atoms with Gasteiger partial charge in [-0.25, -0.2) is 4.79 Å². The Morgan fingerprint density at radius 1 is 1.12 bits per heavy atom. The number of nitrogens with zero attached hydrogens (tertiary/aromatic N) is 1. The molecule has 2 aromatic rings. The summed E-state index contributed by atoms with van der Waals surface area (Å²) in [5, 5.41) is 11.0. The molecule has 1 aliphatic heterocycles. The number of carboxylic acids is 1. The number of aliphatic carboxylic acids is 1. The molecule has 1 aliphatic rings. The number of carbonyl (C=O) groups excluding carboxylic acids is 3. The molecule has 33 heavy (non-hydrogen) atoms. The van der Waals surface area contributed by atoms with Crippen LogP contribution in [0.15, 0.2) is 47.4 Å². The zero-order chi connectivity index (χ0) is 24.0. The lowest BCUT2D eigenvalue weighted by molar-refractivity contribution is -0.139. The van der Waals surface area contributed by atoms with Crippen molar-refractivity contribution in [3.8, 4) is 11.5 Å². The SMILES string of the molecule is COc1cc(C=C2SC(=O)N(CCC(=O)Nc3ccc(C)cc3)C2=O)ccc1OCC(=O)O. The number of hydrogen-bond donors (Lipinski definition) is 2. The normalized spacial score (nSPS) is 14.5. The van der Waals surface area contributed by atoms with Gasteiger partial charge >= 0.3 is 5.97 Å². The summed E-state index contributed by atoms with van der Waals surface area (Å²) in [6, 6.07) is 12.0. The predicted octanol–water partition coefficient (Wildman–Crippen LogP) is 3.53. The van der Waals surface area contributed by atoms with E-state index >= 15 is 0 Å². The van der Waals surface area contributed by atoms with E-state index in [0.717, 1.165) is 22.2 Å². The van der Waals surface area contributed by atoms with Gasteiger partial charge in [-0.15, -0.1) is 0 Å². The van der Waals surface area contributed by atoms with Gasteiger partial charge in [-0.1, -0.05) is 23.8 Å². The van der Waals surface area contributed by atoms with Gasteiger partial charge in [0.1, 0.15) is 0 Å². The topological polar surface area (TPSA) is 122 Å². The van der Waals surface area contributed by atoms with Crippen molar-refractivity contribution in [2.45, 2.75) is 13.3 Å². The predicted molar refractivity (Wildman–Crippen MR) is 123 cm³/mol. The van der Waals surface area contributed by atoms with Crippen LogP contribution < -0.4 is 14.8 Å². The van der Waals surface area contributed by atoms with Crippen molar-refractivity contribution < 1.29 is 33.8 Å². The Bertz CT molecular complexity index is 1110. The molecular weight excluding hydrogens is 448 g/mol. The third kappa shape index (κ3) is 6.36. The van der Waals surface area contributed by atoms with Crippen molar-refractivity contribution in [3.63, 3.8) is 0 Å². The van der Waals surface area contributed by atoms with E-state index in [4.69, 9.17) is 14.6 Å². The number of hydrogen-bond acceptors (Lipinski definition) is 7. The van der Waals surface area contributed by atoms with Gasteiger partial charge in [0.2, 0.25) is 5.91 Å². The minimum absolute atomic E-state index is 0.0252. The van der Waals surface area contributed by atoms with Crippen molar-refractivity contribution in [1.29, 1.82) is 0 Å². The number of rotatable bonds is 9. The molecule has 0 atom stereocenters. The highest BCUT2D eigenvalue weighted by Crippen LogP contribution is 2.34. The van der Waals surface area contributed by atoms with Crippen LogP contribution in [0.1, 0.15) is 17.5 Å². The smallest absolute Gasteiger partial charge is 0.341 e. The van der Waals surface area contributed by atoms with E-state index in [1.165, 1.54) is 19.3 Å². The fourth-order valence-corrected chi connectivity index (χ4v) is 3.82. The number of nitrogens with one attached hydrogen (secondary N) is 1. The van der Waals surface area contributed by atoms with Gasteiger partial charge in [0.25, 0.3) is 11.1 Å². The summed E-state index contributed by atoms with van der Waals surface area (Å²) in [5.41, 5.74) is 2.28. The fourth-order valence-electron chi connectivity index (χ4n) is 2.95. The first kappa shape index (κ1) is 23.9. The van der Waals surface area contributed by atoms with Crippen molar-refractivity contribution in [1.82, 2.24) is 4.90 Å². The molecule has 0 aliphatic carbocycles. The van der Waals surface area contributed by atoms with Crippen molar-refractivity contribution in [2.75, 3.05) is 25.6 Å². The summed E-state index contributed by atoms with van der Waals surface area (Å²) >= 11 is 0.783. The largest absolute Gasteiger partial charge is 0.493 e. The first-order chi connectivity index (χ1) is 15.8. The maximum Gasteiger partial charge on any atom is 0.341 e. The molecule has 172 valence electrons. The Balaban J connectivity index is 1.63. The van der Waals surface area contributed by atoms with Gasteiger partial charge in [-0.3, -0.25) is 19.3 Å². The molecule has 1 heterocycles. The highest BCUT2D eigenvalue weighted by molar-refractivity contribution is 8.18. The molecule has 1 fully saturated rings. The molecular formula is C23H22N2O7S. The van der Waals surface area contributed by atoms with Gasteiger partial charge in [-0.05, 0) is 54.6 Å². The molecule has 9 nitrogen and oxygen atoms in total. The highest BCUT2D eigenvalue weighted by atomic mass is 32.2. The molecule has 0 unspecified atom stereocenters. The second kappa shape index (κ2) is 10.7. The molecule has 2 aromatic carbocycles. The van der Waals surface area contributed by atoms with Crippen LogP contribution in [0.2, 0.25) is 0 Å². The van der Waals surface area contributed by atoms with Gasteiger partial charge in [0.05, 0.1) is 12.0 Å². The fraction of sp³-hybridized carbons (Fsp3) is 0.217. The van der Waals surface area contributed by atoms with Crippen LogP contribution in [-0.2, 0) is 14.4 Å². The Labute approximate surface area is 194 Å². The van der Waals surface area contributed by atoms with Crippen LogP contribution in [0.3, 0.4) is 0 Å². The van der Waals surface area contributed by atoms with Gasteiger partial charge in [0.15, 0.2) is 18.1 Å². The first-order valence-electron chi connectivity index (χ1n) is 9.91. The molecule has 0 bridgehead atoms. The zero-order valence-corrected chi connectivity index (χ0v) is 18.8. The van der Waals surface area contributed by atoms with E-state index in [0.29, 0.717) is 11.3 Å². The standard InChI is InChI=1S/C23H22N2O7S/c1-14-3-6-16(7-4-14)24-20(26)9-10-25-22(29)19(33-23(25)30)12-15-5-8-17(18(11-15)31-2)32-13-21(27)28/h3-8,11-12H,9-10,13H2,1-2H3,(H,24,26)(H,27,28). The Morgan fingerprint density at radius 2 is 1.85 bits per heavy atom. The van der Waals surface area contributed by atoms with Crippen molar-refractivity contribution in [2.24, 2.45) is 0 Å². The number of aryl methyl sites for hydroxylation is 1. The third-order valence-electron chi connectivity index (χ3n) is 4.61. The quantitative estimate of drug-likeness (QED) is 0.534. The summed E-state index contributed by atoms with van der Waals surface area (Å²) in [5.74, 6) is -1.38. The van der Waals surface area contributed by atoms with Gasteiger partial charge in [-0.2, -0.15) is 0 Å². The summed E-state index contributed by atoms with van der Waals surface area (Å²) < 4.78 is 10.4. The molecule has 0 spiro atoms. The van der Waals surface area contributed by atoms with Crippen LogP contribution >= 0.6 is 11.8 Å². The zero-order valence-electron chi connectivity index (χ0n) is 18.0. The molecule has 3 amide bonds. The summed E-state index contributed by atoms with van der Waals surface area (Å²) in [7, 11) is 1.41. The Hall–Kier alpha value is -3.79. The average molecular weight is 471 g/mol. The van der Waals surface area contributed by atoms with Crippen LogP contribution in [0.5, 0.6) is 11.5 Å². The lowest BCUT2D eigenvalue weighted by Gasteiger charge is -2.12. The monoisotopic (exact) mass is 470 g/mol. The summed E-state index contributed by atoms with van der Waals surface area (Å²) in [4.78, 5) is 49.1. The molecule has 3 rings (SSSR count). The van der Waals surface area contributed by atoms with E-state index in [1.54, 1.807) is 24.3 Å². The second-order valence-electron chi connectivity index (χ2n) is 7.09. The minimum atomic E-state index is -1.12. The third-order valence-corrected chi connectivity index (χ3v) is 5.52. The van der Waals surface area contributed by atoms with Crippen molar-refractivity contribution in [3.05, 3.63) is 58.5 Å². The number of thioether (sulfide) groups is 1. The van der Waals surface area contributed by atoms with E-state index in [9.17, 15) is 19.2 Å². The van der Waals surface area contributed by atoms with Crippen LogP contribution in [-0.4, -0.2) is 53.3 Å². The Kier molecular flexibility index (Phi) is 7.73. The number of imide groups is 1. The van der Waals surface area contributed by atoms with Gasteiger partial charge in [0, 0.05) is 18.7 Å². The maximum atomic E-state index is 12.7. The van der Waals surface area contributed by atoms with Gasteiger partial charge < -0.3 is 19.9 Å². The van der Waals surface area contributed by atoms with E-state index < -0.39 is 23.7 Å². The molecule has 0 aromatic heterocycles. The molecule has 0 radical (unpaired) electrons. The van der Waals surface area contributed by atoms with Crippen molar-refractivity contribution >= 4 is 46.5 Å². The Morgan fingerprint density at radius 3 is 2.52 bits per heavy atom. The van der Waals surface area contributed by atoms with E-state index in [-0.39, 0.29) is 35.3 Å². The van der Waals surface area contributed by atoms with Crippen LogP contribution in [0.25, 0.3) is 6.08 Å². The lowest BCUT2D eigenvalue weighted by Crippen LogP contribution is -2.31.